The fourth-order valence-electron chi connectivity index (χ4n) is 3.12. The summed E-state index contributed by atoms with van der Waals surface area (Å²) in [6.45, 7) is 1.39. The zero-order valence-corrected chi connectivity index (χ0v) is 18.2. The molecule has 7 nitrogen and oxygen atoms in total. The van der Waals surface area contributed by atoms with Gasteiger partial charge in [0.05, 0.1) is 16.7 Å². The van der Waals surface area contributed by atoms with Crippen molar-refractivity contribution in [2.45, 2.75) is 25.3 Å². The van der Waals surface area contributed by atoms with E-state index >= 15 is 0 Å². The molecule has 1 aromatic heterocycles. The molecule has 0 saturated carbocycles. The predicted octanol–water partition coefficient (Wildman–Crippen LogP) is 3.95. The number of thiazole rings is 1. The highest BCUT2D eigenvalue weighted by Crippen LogP contribution is 2.29. The van der Waals surface area contributed by atoms with Crippen molar-refractivity contribution in [3.63, 3.8) is 0 Å². The van der Waals surface area contributed by atoms with E-state index in [2.05, 4.69) is 15.6 Å². The minimum absolute atomic E-state index is 0.153. The SMILES string of the molecule is COCCNC(=O)[C@H]1CCCCN1C(=O)c1csc(Nc2ccc(Cl)c(Cl)c2)n1. The number of methoxy groups -OCH3 is 1. The van der Waals surface area contributed by atoms with Gasteiger partial charge in [0, 0.05) is 31.3 Å². The molecule has 29 heavy (non-hydrogen) atoms. The van der Waals surface area contributed by atoms with E-state index in [0.29, 0.717) is 47.0 Å². The average Bonchev–Trinajstić information content (AvgIpc) is 3.19. The predicted molar refractivity (Wildman–Crippen MR) is 115 cm³/mol. The van der Waals surface area contributed by atoms with Crippen molar-refractivity contribution in [1.82, 2.24) is 15.2 Å². The lowest BCUT2D eigenvalue weighted by molar-refractivity contribution is -0.126. The lowest BCUT2D eigenvalue weighted by atomic mass is 10.0. The fraction of sp³-hybridized carbons (Fsp3) is 0.421. The van der Waals surface area contributed by atoms with Gasteiger partial charge in [0.1, 0.15) is 11.7 Å². The van der Waals surface area contributed by atoms with Crippen LogP contribution in [0.3, 0.4) is 0 Å². The van der Waals surface area contributed by atoms with Gasteiger partial charge in [-0.2, -0.15) is 0 Å². The van der Waals surface area contributed by atoms with Crippen LogP contribution in [0.15, 0.2) is 23.6 Å². The van der Waals surface area contributed by atoms with Gasteiger partial charge in [-0.1, -0.05) is 23.2 Å². The Morgan fingerprint density at radius 1 is 1.31 bits per heavy atom. The van der Waals surface area contributed by atoms with Crippen molar-refractivity contribution in [1.29, 1.82) is 0 Å². The van der Waals surface area contributed by atoms with Gasteiger partial charge < -0.3 is 20.3 Å². The second-order valence-corrected chi connectivity index (χ2v) is 8.26. The largest absolute Gasteiger partial charge is 0.383 e. The number of rotatable bonds is 7. The number of nitrogens with zero attached hydrogens (tertiary/aromatic N) is 2. The Bertz CT molecular complexity index is 877. The molecule has 2 N–H and O–H groups in total. The minimum Gasteiger partial charge on any atom is -0.383 e. The summed E-state index contributed by atoms with van der Waals surface area (Å²) in [5.41, 5.74) is 1.04. The van der Waals surface area contributed by atoms with Gasteiger partial charge in [-0.3, -0.25) is 9.59 Å². The minimum atomic E-state index is -0.485. The molecule has 0 unspecified atom stereocenters. The topological polar surface area (TPSA) is 83.6 Å². The van der Waals surface area contributed by atoms with E-state index in [4.69, 9.17) is 27.9 Å². The summed E-state index contributed by atoms with van der Waals surface area (Å²) in [6.07, 6.45) is 2.42. The molecule has 156 valence electrons. The van der Waals surface area contributed by atoms with Crippen molar-refractivity contribution in [3.8, 4) is 0 Å². The lowest BCUT2D eigenvalue weighted by Gasteiger charge is -2.34. The number of halogens is 2. The Balaban J connectivity index is 1.68. The van der Waals surface area contributed by atoms with E-state index in [9.17, 15) is 9.59 Å². The number of aromatic nitrogens is 1. The number of nitrogens with one attached hydrogen (secondary N) is 2. The second-order valence-electron chi connectivity index (χ2n) is 6.59. The molecule has 0 bridgehead atoms. The number of amides is 2. The molecule has 2 amide bonds. The fourth-order valence-corrected chi connectivity index (χ4v) is 4.12. The van der Waals surface area contributed by atoms with E-state index in [-0.39, 0.29) is 11.8 Å². The van der Waals surface area contributed by atoms with Crippen LogP contribution in [0, 0.1) is 0 Å². The van der Waals surface area contributed by atoms with Crippen molar-refractivity contribution in [3.05, 3.63) is 39.3 Å². The second kappa shape index (κ2) is 10.2. The standard InChI is InChI=1S/C19H22Cl2N4O3S/c1-28-9-7-22-17(26)16-4-2-3-8-25(16)18(27)15-11-29-19(24-15)23-12-5-6-13(20)14(21)10-12/h5-6,10-11,16H,2-4,7-9H2,1H3,(H,22,26)(H,23,24)/t16-/m1/s1. The van der Waals surface area contributed by atoms with Crippen molar-refractivity contribution < 1.29 is 14.3 Å². The Morgan fingerprint density at radius 3 is 2.90 bits per heavy atom. The maximum atomic E-state index is 13.0. The number of anilines is 2. The normalized spacial score (nSPS) is 16.5. The third-order valence-corrected chi connectivity index (χ3v) is 6.06. The molecule has 1 atom stereocenters. The smallest absolute Gasteiger partial charge is 0.274 e. The molecule has 1 aliphatic rings. The number of benzene rings is 1. The van der Waals surface area contributed by atoms with Gasteiger partial charge in [-0.05, 0) is 37.5 Å². The van der Waals surface area contributed by atoms with Crippen LogP contribution in [0.1, 0.15) is 29.8 Å². The molecule has 1 saturated heterocycles. The van der Waals surface area contributed by atoms with Gasteiger partial charge in [0.25, 0.3) is 5.91 Å². The molecule has 1 aliphatic heterocycles. The molecule has 0 aliphatic carbocycles. The van der Waals surface area contributed by atoms with E-state index in [1.54, 1.807) is 35.6 Å². The van der Waals surface area contributed by atoms with Crippen molar-refractivity contribution in [2.75, 3.05) is 32.1 Å². The van der Waals surface area contributed by atoms with Gasteiger partial charge in [0.2, 0.25) is 5.91 Å². The molecule has 1 fully saturated rings. The molecule has 1 aromatic carbocycles. The summed E-state index contributed by atoms with van der Waals surface area (Å²) in [6, 6.07) is 4.67. The molecule has 0 radical (unpaired) electrons. The highest BCUT2D eigenvalue weighted by atomic mass is 35.5. The van der Waals surface area contributed by atoms with Crippen molar-refractivity contribution >= 4 is 57.2 Å². The van der Waals surface area contributed by atoms with Gasteiger partial charge in [-0.25, -0.2) is 4.98 Å². The van der Waals surface area contributed by atoms with Crippen LogP contribution in [0.5, 0.6) is 0 Å². The summed E-state index contributed by atoms with van der Waals surface area (Å²) in [5, 5.41) is 9.09. The molecular formula is C19H22Cl2N4O3S. The summed E-state index contributed by atoms with van der Waals surface area (Å²) >= 11 is 13.3. The monoisotopic (exact) mass is 456 g/mol. The van der Waals surface area contributed by atoms with Crippen LogP contribution < -0.4 is 10.6 Å². The average molecular weight is 457 g/mol. The number of piperidine rings is 1. The number of carbonyl (C=O) groups is 2. The Morgan fingerprint density at radius 2 is 2.14 bits per heavy atom. The third kappa shape index (κ3) is 5.60. The zero-order valence-electron chi connectivity index (χ0n) is 15.9. The van der Waals surface area contributed by atoms with E-state index in [1.165, 1.54) is 11.3 Å². The molecule has 2 heterocycles. The molecule has 10 heteroatoms. The third-order valence-electron chi connectivity index (χ3n) is 4.57. The summed E-state index contributed by atoms with van der Waals surface area (Å²) in [5.74, 6) is -0.394. The molecular weight excluding hydrogens is 435 g/mol. The lowest BCUT2D eigenvalue weighted by Crippen LogP contribution is -2.52. The quantitative estimate of drug-likeness (QED) is 0.616. The van der Waals surface area contributed by atoms with Gasteiger partial charge >= 0.3 is 0 Å². The molecule has 0 spiro atoms. The summed E-state index contributed by atoms with van der Waals surface area (Å²) in [7, 11) is 1.58. The van der Waals surface area contributed by atoms with Crippen LogP contribution >= 0.6 is 34.5 Å². The first-order valence-corrected chi connectivity index (χ1v) is 10.9. The first kappa shape index (κ1) is 21.8. The maximum Gasteiger partial charge on any atom is 0.274 e. The number of likely N-dealkylation sites (tertiary alicyclic amines) is 1. The van der Waals surface area contributed by atoms with Crippen LogP contribution in [0.2, 0.25) is 10.0 Å². The van der Waals surface area contributed by atoms with Crippen LogP contribution in [-0.2, 0) is 9.53 Å². The Kier molecular flexibility index (Phi) is 7.71. The summed E-state index contributed by atoms with van der Waals surface area (Å²) in [4.78, 5) is 31.5. The number of hydrogen-bond donors (Lipinski definition) is 2. The summed E-state index contributed by atoms with van der Waals surface area (Å²) < 4.78 is 4.96. The number of hydrogen-bond acceptors (Lipinski definition) is 6. The number of ether oxygens (including phenoxy) is 1. The Labute approximate surface area is 183 Å². The highest BCUT2D eigenvalue weighted by molar-refractivity contribution is 7.14. The molecule has 2 aromatic rings. The van der Waals surface area contributed by atoms with E-state index in [0.717, 1.165) is 18.5 Å². The van der Waals surface area contributed by atoms with Crippen LogP contribution in [0.4, 0.5) is 10.8 Å². The van der Waals surface area contributed by atoms with Gasteiger partial charge in [0.15, 0.2) is 5.13 Å². The van der Waals surface area contributed by atoms with Crippen LogP contribution in [-0.4, -0.2) is 54.5 Å². The maximum absolute atomic E-state index is 13.0. The van der Waals surface area contributed by atoms with Gasteiger partial charge in [-0.15, -0.1) is 11.3 Å². The van der Waals surface area contributed by atoms with Crippen molar-refractivity contribution in [2.24, 2.45) is 0 Å². The van der Waals surface area contributed by atoms with E-state index in [1.807, 2.05) is 0 Å². The highest BCUT2D eigenvalue weighted by Gasteiger charge is 2.33. The van der Waals surface area contributed by atoms with E-state index < -0.39 is 6.04 Å². The van der Waals surface area contributed by atoms with Crippen LogP contribution in [0.25, 0.3) is 0 Å². The number of carbonyl (C=O) groups excluding carboxylic acids is 2. The zero-order chi connectivity index (χ0) is 20.8. The Hall–Kier alpha value is -1.87. The first-order chi connectivity index (χ1) is 14.0. The molecule has 3 rings (SSSR count). The first-order valence-electron chi connectivity index (χ1n) is 9.25.